The van der Waals surface area contributed by atoms with Crippen molar-refractivity contribution in [3.05, 3.63) is 48.2 Å². The number of anilines is 1. The summed E-state index contributed by atoms with van der Waals surface area (Å²) >= 11 is 0. The van der Waals surface area contributed by atoms with Crippen molar-refractivity contribution in [2.75, 3.05) is 11.9 Å². The molecule has 3 aromatic rings. The zero-order valence-corrected chi connectivity index (χ0v) is 17.0. The molecule has 0 saturated heterocycles. The van der Waals surface area contributed by atoms with Crippen molar-refractivity contribution in [3.8, 4) is 11.3 Å². The Kier molecular flexibility index (Phi) is 5.83. The van der Waals surface area contributed by atoms with Crippen LogP contribution in [-0.2, 0) is 0 Å². The lowest BCUT2D eigenvalue weighted by Gasteiger charge is -2.22. The topological polar surface area (TPSA) is 91.5 Å². The van der Waals surface area contributed by atoms with Crippen LogP contribution < -0.4 is 10.6 Å². The third-order valence-corrected chi connectivity index (χ3v) is 4.43. The predicted octanol–water partition coefficient (Wildman–Crippen LogP) is 3.06. The lowest BCUT2D eigenvalue weighted by Crippen LogP contribution is -2.42. The minimum absolute atomic E-state index is 0.0295. The summed E-state index contributed by atoms with van der Waals surface area (Å²) in [7, 11) is 0. The van der Waals surface area contributed by atoms with Crippen molar-refractivity contribution in [3.63, 3.8) is 0 Å². The number of hydrogen-bond acceptors (Lipinski definition) is 5. The highest BCUT2D eigenvalue weighted by Gasteiger charge is 2.27. The summed E-state index contributed by atoms with van der Waals surface area (Å²) in [6.07, 6.45) is -0.151. The van der Waals surface area contributed by atoms with Crippen molar-refractivity contribution in [2.24, 2.45) is 0 Å². The van der Waals surface area contributed by atoms with Crippen LogP contribution in [-0.4, -0.2) is 50.0 Å². The van der Waals surface area contributed by atoms with Crippen LogP contribution in [0.3, 0.4) is 0 Å². The van der Waals surface area contributed by atoms with Crippen LogP contribution in [0.5, 0.6) is 0 Å². The van der Waals surface area contributed by atoms with E-state index in [2.05, 4.69) is 20.7 Å². The van der Waals surface area contributed by atoms with Gasteiger partial charge in [0.05, 0.1) is 17.8 Å². The van der Waals surface area contributed by atoms with Crippen LogP contribution in [0.25, 0.3) is 16.9 Å². The van der Waals surface area contributed by atoms with Gasteiger partial charge >= 0.3 is 0 Å². The van der Waals surface area contributed by atoms with Gasteiger partial charge in [-0.2, -0.15) is 9.61 Å². The first kappa shape index (κ1) is 20.7. The molecule has 29 heavy (non-hydrogen) atoms. The summed E-state index contributed by atoms with van der Waals surface area (Å²) in [4.78, 5) is 17.1. The second-order valence-corrected chi connectivity index (χ2v) is 7.82. The van der Waals surface area contributed by atoms with Crippen LogP contribution in [0.2, 0.25) is 0 Å². The molecule has 2 aromatic heterocycles. The maximum atomic E-state index is 14.0. The number of fused-ring (bicyclic) bond motifs is 1. The van der Waals surface area contributed by atoms with Gasteiger partial charge in [-0.25, -0.2) is 9.37 Å². The molecule has 0 aliphatic heterocycles. The van der Waals surface area contributed by atoms with E-state index in [9.17, 15) is 14.3 Å². The Balaban J connectivity index is 1.97. The summed E-state index contributed by atoms with van der Waals surface area (Å²) in [6, 6.07) is 11.5. The highest BCUT2D eigenvalue weighted by Crippen LogP contribution is 2.23. The number of nitrogens with zero attached hydrogens (tertiary/aromatic N) is 3. The van der Waals surface area contributed by atoms with Crippen LogP contribution in [0.4, 0.5) is 10.2 Å². The van der Waals surface area contributed by atoms with Gasteiger partial charge in [0.15, 0.2) is 5.65 Å². The lowest BCUT2D eigenvalue weighted by molar-refractivity contribution is -0.00177. The van der Waals surface area contributed by atoms with E-state index in [0.717, 1.165) is 11.3 Å². The van der Waals surface area contributed by atoms with Crippen LogP contribution in [0, 0.1) is 0 Å². The van der Waals surface area contributed by atoms with Gasteiger partial charge in [-0.05, 0) is 27.7 Å². The molecule has 0 bridgehead atoms. The molecule has 1 amide bonds. The molecule has 0 radical (unpaired) electrons. The molecule has 154 valence electrons. The largest absolute Gasteiger partial charge is 0.387 e. The molecule has 0 spiro atoms. The second-order valence-electron chi connectivity index (χ2n) is 7.82. The molecular formula is C21H26FN5O2. The standard InChI is InChI=1S/C21H26FN5O2/c1-13(2)25-19-15(20(28)24-12-17(22)21(3,4)29)11-23-18-10-16(26-27(18)19)14-8-6-5-7-9-14/h5-11,13,17,25,29H,12H2,1-4H3,(H,24,28). The number of alkyl halides is 1. The zero-order chi connectivity index (χ0) is 21.2. The van der Waals surface area contributed by atoms with E-state index in [-0.39, 0.29) is 18.2 Å². The van der Waals surface area contributed by atoms with Crippen molar-refractivity contribution in [1.82, 2.24) is 19.9 Å². The first-order valence-electron chi connectivity index (χ1n) is 9.52. The first-order valence-corrected chi connectivity index (χ1v) is 9.52. The summed E-state index contributed by atoms with van der Waals surface area (Å²) in [6.45, 7) is 6.30. The molecule has 8 heteroatoms. The zero-order valence-electron chi connectivity index (χ0n) is 17.0. The minimum atomic E-state index is -1.60. The molecule has 3 rings (SSSR count). The molecule has 1 aromatic carbocycles. The fourth-order valence-corrected chi connectivity index (χ4v) is 2.79. The smallest absolute Gasteiger partial charge is 0.256 e. The Hall–Kier alpha value is -3.00. The van der Waals surface area contributed by atoms with E-state index < -0.39 is 17.7 Å². The molecule has 1 atom stereocenters. The first-order chi connectivity index (χ1) is 13.7. The maximum Gasteiger partial charge on any atom is 0.256 e. The number of carbonyl (C=O) groups is 1. The predicted molar refractivity (Wildman–Crippen MR) is 111 cm³/mol. The van der Waals surface area contributed by atoms with Crippen molar-refractivity contribution in [2.45, 2.75) is 45.5 Å². The van der Waals surface area contributed by atoms with Gasteiger partial charge in [-0.1, -0.05) is 30.3 Å². The molecule has 3 N–H and O–H groups in total. The number of halogens is 1. The van der Waals surface area contributed by atoms with Crippen LogP contribution in [0.1, 0.15) is 38.1 Å². The number of aliphatic hydroxyl groups is 1. The highest BCUT2D eigenvalue weighted by atomic mass is 19.1. The summed E-state index contributed by atoms with van der Waals surface area (Å²) in [5.74, 6) is -0.0189. The monoisotopic (exact) mass is 399 g/mol. The van der Waals surface area contributed by atoms with E-state index >= 15 is 0 Å². The minimum Gasteiger partial charge on any atom is -0.387 e. The van der Waals surface area contributed by atoms with Crippen molar-refractivity contribution < 1.29 is 14.3 Å². The molecule has 0 fully saturated rings. The number of aromatic nitrogens is 3. The number of rotatable bonds is 7. The van der Waals surface area contributed by atoms with Crippen LogP contribution in [0.15, 0.2) is 42.6 Å². The molecule has 2 heterocycles. The Bertz CT molecular complexity index is 995. The normalized spacial score (nSPS) is 12.9. The average Bonchev–Trinajstić information content (AvgIpc) is 3.10. The summed E-state index contributed by atoms with van der Waals surface area (Å²) in [5, 5.41) is 20.1. The van der Waals surface area contributed by atoms with Gasteiger partial charge in [0.2, 0.25) is 0 Å². The van der Waals surface area contributed by atoms with Gasteiger partial charge in [0.25, 0.3) is 5.91 Å². The number of benzene rings is 1. The Labute approximate surface area is 169 Å². The molecular weight excluding hydrogens is 373 g/mol. The van der Waals surface area contributed by atoms with E-state index in [1.54, 1.807) is 4.52 Å². The van der Waals surface area contributed by atoms with Gasteiger partial charge in [-0.15, -0.1) is 0 Å². The molecule has 7 nitrogen and oxygen atoms in total. The number of nitrogens with one attached hydrogen (secondary N) is 2. The Morgan fingerprint density at radius 3 is 2.59 bits per heavy atom. The SMILES string of the molecule is CC(C)Nc1c(C(=O)NCC(F)C(C)(C)O)cnc2cc(-c3ccccc3)nn12. The lowest BCUT2D eigenvalue weighted by atomic mass is 10.0. The van der Waals surface area contributed by atoms with Crippen LogP contribution >= 0.6 is 0 Å². The fraction of sp³-hybridized carbons (Fsp3) is 0.381. The summed E-state index contributed by atoms with van der Waals surface area (Å²) < 4.78 is 15.6. The highest BCUT2D eigenvalue weighted by molar-refractivity contribution is 5.99. The average molecular weight is 399 g/mol. The third kappa shape index (κ3) is 4.71. The molecule has 1 unspecified atom stereocenters. The van der Waals surface area contributed by atoms with Gasteiger partial charge < -0.3 is 15.7 Å². The maximum absolute atomic E-state index is 14.0. The molecule has 0 aliphatic carbocycles. The number of amides is 1. The molecule has 0 saturated carbocycles. The quantitative estimate of drug-likeness (QED) is 0.568. The van der Waals surface area contributed by atoms with Gasteiger partial charge in [-0.3, -0.25) is 4.79 Å². The van der Waals surface area contributed by atoms with E-state index in [1.807, 2.05) is 50.2 Å². The van der Waals surface area contributed by atoms with Gasteiger partial charge in [0.1, 0.15) is 17.6 Å². The number of hydrogen-bond donors (Lipinski definition) is 3. The van der Waals surface area contributed by atoms with E-state index in [0.29, 0.717) is 11.5 Å². The van der Waals surface area contributed by atoms with Crippen molar-refractivity contribution in [1.29, 1.82) is 0 Å². The Morgan fingerprint density at radius 2 is 1.97 bits per heavy atom. The third-order valence-electron chi connectivity index (χ3n) is 4.43. The Morgan fingerprint density at radius 1 is 1.28 bits per heavy atom. The van der Waals surface area contributed by atoms with E-state index in [1.165, 1.54) is 20.0 Å². The number of carbonyl (C=O) groups excluding carboxylic acids is 1. The molecule has 0 aliphatic rings. The van der Waals surface area contributed by atoms with Gasteiger partial charge in [0, 0.05) is 23.9 Å². The van der Waals surface area contributed by atoms with Crippen molar-refractivity contribution >= 4 is 17.4 Å². The summed E-state index contributed by atoms with van der Waals surface area (Å²) in [5.41, 5.74) is 0.958. The fourth-order valence-electron chi connectivity index (χ4n) is 2.79. The van der Waals surface area contributed by atoms with E-state index in [4.69, 9.17) is 0 Å². The second kappa shape index (κ2) is 8.16.